The van der Waals surface area contributed by atoms with E-state index in [0.717, 1.165) is 0 Å². The molecule has 3 heteroatoms. The highest BCUT2D eigenvalue weighted by Gasteiger charge is 2.23. The van der Waals surface area contributed by atoms with Gasteiger partial charge in [-0.25, -0.2) is 4.79 Å². The quantitative estimate of drug-likeness (QED) is 0.443. The highest BCUT2D eigenvalue weighted by atomic mass is 16.6. The number of hydrogen-bond acceptors (Lipinski definition) is 3. The van der Waals surface area contributed by atoms with E-state index in [-0.39, 0.29) is 18.2 Å². The summed E-state index contributed by atoms with van der Waals surface area (Å²) >= 11 is 0. The molecule has 0 spiro atoms. The summed E-state index contributed by atoms with van der Waals surface area (Å²) in [4.78, 5) is 10.7. The average molecular weight is 130 g/mol. The molecule has 0 aromatic rings. The average Bonchev–Trinajstić information content (AvgIpc) is 1.80. The predicted octanol–water partition coefficient (Wildman–Crippen LogP) is 0.337. The highest BCUT2D eigenvalue weighted by molar-refractivity contribution is 5.74. The molecule has 1 rings (SSSR count). The Morgan fingerprint density at radius 1 is 1.56 bits per heavy atom. The fourth-order valence-corrected chi connectivity index (χ4v) is 0.676. The molecule has 0 amide bonds. The van der Waals surface area contributed by atoms with E-state index in [0.29, 0.717) is 6.61 Å². The normalized spacial score (nSPS) is 36.0. The predicted molar refractivity (Wildman–Crippen MR) is 31.0 cm³/mol. The highest BCUT2D eigenvalue weighted by Crippen LogP contribution is 2.06. The Labute approximate surface area is 53.9 Å². The standard InChI is InChI=1S/C6H10O3/c1-4-3-8-5(2)6(7)9-4/h4-5H,3H2,1-2H3/t4?,5-/m1/s1. The van der Waals surface area contributed by atoms with Crippen LogP contribution < -0.4 is 0 Å². The van der Waals surface area contributed by atoms with Gasteiger partial charge < -0.3 is 9.47 Å². The first kappa shape index (κ1) is 6.55. The molecular weight excluding hydrogens is 120 g/mol. The number of rotatable bonds is 0. The fraction of sp³-hybridized carbons (Fsp3) is 0.833. The maximum Gasteiger partial charge on any atom is 0.335 e. The summed E-state index contributed by atoms with van der Waals surface area (Å²) < 4.78 is 9.86. The number of esters is 1. The van der Waals surface area contributed by atoms with E-state index in [1.807, 2.05) is 6.92 Å². The summed E-state index contributed by atoms with van der Waals surface area (Å²) in [6.45, 7) is 4.02. The van der Waals surface area contributed by atoms with Gasteiger partial charge in [-0.2, -0.15) is 0 Å². The van der Waals surface area contributed by atoms with Crippen molar-refractivity contribution in [2.75, 3.05) is 6.61 Å². The molecule has 1 fully saturated rings. The van der Waals surface area contributed by atoms with Crippen LogP contribution in [0.3, 0.4) is 0 Å². The minimum absolute atomic E-state index is 0.0753. The van der Waals surface area contributed by atoms with Gasteiger partial charge in [-0.05, 0) is 13.8 Å². The number of carbonyl (C=O) groups excluding carboxylic acids is 1. The summed E-state index contributed by atoms with van der Waals surface area (Å²) in [5, 5.41) is 0. The summed E-state index contributed by atoms with van der Waals surface area (Å²) in [5.41, 5.74) is 0. The Kier molecular flexibility index (Phi) is 1.71. The van der Waals surface area contributed by atoms with Crippen molar-refractivity contribution >= 4 is 5.97 Å². The molecule has 1 aliphatic rings. The van der Waals surface area contributed by atoms with Crippen LogP contribution in [0.2, 0.25) is 0 Å². The smallest absolute Gasteiger partial charge is 0.335 e. The van der Waals surface area contributed by atoms with E-state index in [1.54, 1.807) is 6.92 Å². The molecule has 1 aliphatic heterocycles. The van der Waals surface area contributed by atoms with Gasteiger partial charge in [-0.15, -0.1) is 0 Å². The van der Waals surface area contributed by atoms with Crippen LogP contribution in [0.25, 0.3) is 0 Å². The molecule has 3 nitrogen and oxygen atoms in total. The zero-order valence-corrected chi connectivity index (χ0v) is 5.59. The van der Waals surface area contributed by atoms with Gasteiger partial charge in [0, 0.05) is 0 Å². The van der Waals surface area contributed by atoms with Gasteiger partial charge in [0.05, 0.1) is 6.61 Å². The minimum atomic E-state index is -0.374. The molecule has 9 heavy (non-hydrogen) atoms. The lowest BCUT2D eigenvalue weighted by Gasteiger charge is -2.23. The molecule has 1 heterocycles. The van der Waals surface area contributed by atoms with E-state index >= 15 is 0 Å². The lowest BCUT2D eigenvalue weighted by Crippen LogP contribution is -2.36. The SMILES string of the molecule is CC1CO[C@H](C)C(=O)O1. The van der Waals surface area contributed by atoms with E-state index in [2.05, 4.69) is 0 Å². The van der Waals surface area contributed by atoms with Crippen LogP contribution in [0.1, 0.15) is 13.8 Å². The van der Waals surface area contributed by atoms with Crippen molar-refractivity contribution in [2.45, 2.75) is 26.1 Å². The van der Waals surface area contributed by atoms with Gasteiger partial charge in [0.1, 0.15) is 6.10 Å². The van der Waals surface area contributed by atoms with Gasteiger partial charge in [0.25, 0.3) is 0 Å². The lowest BCUT2D eigenvalue weighted by atomic mass is 10.3. The first-order valence-electron chi connectivity index (χ1n) is 3.02. The van der Waals surface area contributed by atoms with Crippen LogP contribution in [-0.2, 0) is 14.3 Å². The van der Waals surface area contributed by atoms with Gasteiger partial charge in [0.2, 0.25) is 0 Å². The first-order chi connectivity index (χ1) is 4.20. The van der Waals surface area contributed by atoms with Crippen LogP contribution in [0.5, 0.6) is 0 Å². The van der Waals surface area contributed by atoms with E-state index in [4.69, 9.17) is 9.47 Å². The van der Waals surface area contributed by atoms with Crippen LogP contribution in [0, 0.1) is 0 Å². The van der Waals surface area contributed by atoms with E-state index in [1.165, 1.54) is 0 Å². The van der Waals surface area contributed by atoms with Crippen molar-refractivity contribution in [2.24, 2.45) is 0 Å². The Bertz CT molecular complexity index is 121. The van der Waals surface area contributed by atoms with Crippen molar-refractivity contribution in [1.29, 1.82) is 0 Å². The van der Waals surface area contributed by atoms with Crippen molar-refractivity contribution in [3.63, 3.8) is 0 Å². The molecule has 0 aromatic carbocycles. The second kappa shape index (κ2) is 2.35. The van der Waals surface area contributed by atoms with Gasteiger partial charge in [0.15, 0.2) is 6.10 Å². The molecule has 0 aliphatic carbocycles. The van der Waals surface area contributed by atoms with Crippen molar-refractivity contribution in [1.82, 2.24) is 0 Å². The second-order valence-electron chi connectivity index (χ2n) is 2.22. The molecule has 2 atom stereocenters. The molecule has 0 N–H and O–H groups in total. The number of cyclic esters (lactones) is 1. The Balaban J connectivity index is 2.44. The summed E-state index contributed by atoms with van der Waals surface area (Å²) in [7, 11) is 0. The third kappa shape index (κ3) is 1.42. The molecule has 1 saturated heterocycles. The summed E-state index contributed by atoms with van der Waals surface area (Å²) in [6.07, 6.45) is -0.449. The zero-order chi connectivity index (χ0) is 6.85. The second-order valence-corrected chi connectivity index (χ2v) is 2.22. The van der Waals surface area contributed by atoms with Crippen molar-refractivity contribution < 1.29 is 14.3 Å². The monoisotopic (exact) mass is 130 g/mol. The summed E-state index contributed by atoms with van der Waals surface area (Å²) in [5.74, 6) is -0.256. The number of carbonyl (C=O) groups is 1. The molecule has 0 bridgehead atoms. The van der Waals surface area contributed by atoms with Gasteiger partial charge >= 0.3 is 5.97 Å². The number of hydrogen-bond donors (Lipinski definition) is 0. The molecule has 52 valence electrons. The fourth-order valence-electron chi connectivity index (χ4n) is 0.676. The molecular formula is C6H10O3. The molecule has 0 saturated carbocycles. The first-order valence-corrected chi connectivity index (χ1v) is 3.02. The molecule has 0 aromatic heterocycles. The van der Waals surface area contributed by atoms with Crippen LogP contribution >= 0.6 is 0 Å². The van der Waals surface area contributed by atoms with Gasteiger partial charge in [-0.1, -0.05) is 0 Å². The molecule has 1 unspecified atom stereocenters. The molecule has 0 radical (unpaired) electrons. The Hall–Kier alpha value is -0.570. The third-order valence-electron chi connectivity index (χ3n) is 1.23. The van der Waals surface area contributed by atoms with Crippen LogP contribution in [0.15, 0.2) is 0 Å². The van der Waals surface area contributed by atoms with Crippen LogP contribution in [-0.4, -0.2) is 24.8 Å². The van der Waals surface area contributed by atoms with Crippen molar-refractivity contribution in [3.05, 3.63) is 0 Å². The summed E-state index contributed by atoms with van der Waals surface area (Å²) in [6, 6.07) is 0. The largest absolute Gasteiger partial charge is 0.458 e. The zero-order valence-electron chi connectivity index (χ0n) is 5.59. The maximum atomic E-state index is 10.7. The topological polar surface area (TPSA) is 35.5 Å². The maximum absolute atomic E-state index is 10.7. The third-order valence-corrected chi connectivity index (χ3v) is 1.23. The van der Waals surface area contributed by atoms with E-state index < -0.39 is 0 Å². The van der Waals surface area contributed by atoms with E-state index in [9.17, 15) is 4.79 Å². The Morgan fingerprint density at radius 2 is 2.22 bits per heavy atom. The van der Waals surface area contributed by atoms with Crippen molar-refractivity contribution in [3.8, 4) is 0 Å². The van der Waals surface area contributed by atoms with Crippen LogP contribution in [0.4, 0.5) is 0 Å². The lowest BCUT2D eigenvalue weighted by molar-refractivity contribution is -0.179. The minimum Gasteiger partial charge on any atom is -0.458 e. The number of ether oxygens (including phenoxy) is 2. The Morgan fingerprint density at radius 3 is 2.67 bits per heavy atom. The van der Waals surface area contributed by atoms with Gasteiger partial charge in [-0.3, -0.25) is 0 Å².